The summed E-state index contributed by atoms with van der Waals surface area (Å²) < 4.78 is 0. The summed E-state index contributed by atoms with van der Waals surface area (Å²) in [6.45, 7) is 1.70. The maximum absolute atomic E-state index is 12.5. The molecule has 0 bridgehead atoms. The van der Waals surface area contributed by atoms with Crippen molar-refractivity contribution in [2.75, 3.05) is 23.7 Å². The number of rotatable bonds is 5. The van der Waals surface area contributed by atoms with Crippen molar-refractivity contribution in [3.63, 3.8) is 0 Å². The molecule has 0 spiro atoms. The van der Waals surface area contributed by atoms with Crippen molar-refractivity contribution < 1.29 is 9.59 Å². The average Bonchev–Trinajstić information content (AvgIpc) is 3.43. The fourth-order valence-corrected chi connectivity index (χ4v) is 3.65. The van der Waals surface area contributed by atoms with E-state index in [1.165, 1.54) is 0 Å². The molecule has 8 nitrogen and oxygen atoms in total. The van der Waals surface area contributed by atoms with Crippen LogP contribution in [0.3, 0.4) is 0 Å². The predicted octanol–water partition coefficient (Wildman–Crippen LogP) is 1.52. The third kappa shape index (κ3) is 4.02. The first-order valence-electron chi connectivity index (χ1n) is 9.71. The Hall–Kier alpha value is -2.84. The standard InChI is InChI=1S/C20H24N6O2/c27-19(15-7-3-9-21-15)25-13-5-1-11-23-17(13)18-14(6-2-12-24-18)26-20(28)16-8-4-10-22-16/h1-2,5-6,11-12,15-16,21-22H,3-4,7-10H2,(H,25,27)(H,26,28)/t15-,16-/m0/s1. The lowest BCUT2D eigenvalue weighted by atomic mass is 10.1. The van der Waals surface area contributed by atoms with Crippen LogP contribution in [0, 0.1) is 0 Å². The van der Waals surface area contributed by atoms with Crippen LogP contribution in [0.5, 0.6) is 0 Å². The number of hydrogen-bond donors (Lipinski definition) is 4. The Morgan fingerprint density at radius 1 is 0.821 bits per heavy atom. The molecule has 2 aliphatic rings. The molecule has 28 heavy (non-hydrogen) atoms. The molecule has 4 heterocycles. The van der Waals surface area contributed by atoms with E-state index in [-0.39, 0.29) is 23.9 Å². The second-order valence-electron chi connectivity index (χ2n) is 7.08. The molecule has 4 N–H and O–H groups in total. The molecule has 2 fully saturated rings. The van der Waals surface area contributed by atoms with Gasteiger partial charge in [-0.25, -0.2) is 0 Å². The summed E-state index contributed by atoms with van der Waals surface area (Å²) in [5.41, 5.74) is 2.22. The second kappa shape index (κ2) is 8.45. The van der Waals surface area contributed by atoms with Gasteiger partial charge in [-0.1, -0.05) is 0 Å². The van der Waals surface area contributed by atoms with E-state index >= 15 is 0 Å². The van der Waals surface area contributed by atoms with Gasteiger partial charge in [0.25, 0.3) is 0 Å². The smallest absolute Gasteiger partial charge is 0.241 e. The van der Waals surface area contributed by atoms with Crippen LogP contribution >= 0.6 is 0 Å². The van der Waals surface area contributed by atoms with Gasteiger partial charge in [0.1, 0.15) is 11.4 Å². The van der Waals surface area contributed by atoms with E-state index < -0.39 is 0 Å². The third-order valence-corrected chi connectivity index (χ3v) is 5.11. The molecular weight excluding hydrogens is 356 g/mol. The first-order chi connectivity index (χ1) is 13.7. The Morgan fingerprint density at radius 2 is 1.29 bits per heavy atom. The lowest BCUT2D eigenvalue weighted by Crippen LogP contribution is -2.36. The van der Waals surface area contributed by atoms with Gasteiger partial charge in [-0.05, 0) is 63.0 Å². The molecule has 2 aliphatic heterocycles. The largest absolute Gasteiger partial charge is 0.323 e. The van der Waals surface area contributed by atoms with E-state index in [0.717, 1.165) is 38.8 Å². The van der Waals surface area contributed by atoms with Crippen LogP contribution in [-0.4, -0.2) is 47.0 Å². The highest BCUT2D eigenvalue weighted by Crippen LogP contribution is 2.30. The van der Waals surface area contributed by atoms with Crippen molar-refractivity contribution in [2.45, 2.75) is 37.8 Å². The van der Waals surface area contributed by atoms with Gasteiger partial charge in [0.15, 0.2) is 0 Å². The summed E-state index contributed by atoms with van der Waals surface area (Å²) in [6, 6.07) is 6.76. The van der Waals surface area contributed by atoms with Gasteiger partial charge in [-0.15, -0.1) is 0 Å². The van der Waals surface area contributed by atoms with E-state index in [1.807, 2.05) is 0 Å². The first kappa shape index (κ1) is 18.5. The van der Waals surface area contributed by atoms with Gasteiger partial charge in [0.2, 0.25) is 11.8 Å². The molecule has 8 heteroatoms. The number of carbonyl (C=O) groups excluding carboxylic acids is 2. The van der Waals surface area contributed by atoms with Crippen molar-refractivity contribution in [3.05, 3.63) is 36.7 Å². The van der Waals surface area contributed by atoms with Crippen molar-refractivity contribution >= 4 is 23.2 Å². The Bertz CT molecular complexity index is 788. The average molecular weight is 380 g/mol. The van der Waals surface area contributed by atoms with Gasteiger partial charge in [-0.3, -0.25) is 19.6 Å². The van der Waals surface area contributed by atoms with Crippen LogP contribution in [0.15, 0.2) is 36.7 Å². The van der Waals surface area contributed by atoms with Crippen molar-refractivity contribution in [1.82, 2.24) is 20.6 Å². The van der Waals surface area contributed by atoms with E-state index in [4.69, 9.17) is 0 Å². The molecule has 2 aromatic rings. The van der Waals surface area contributed by atoms with Crippen LogP contribution in [0.2, 0.25) is 0 Å². The molecular formula is C20H24N6O2. The zero-order valence-corrected chi connectivity index (χ0v) is 15.6. The Morgan fingerprint density at radius 3 is 1.68 bits per heavy atom. The lowest BCUT2D eigenvalue weighted by Gasteiger charge is -2.16. The predicted molar refractivity (Wildman–Crippen MR) is 107 cm³/mol. The lowest BCUT2D eigenvalue weighted by molar-refractivity contribution is -0.118. The number of pyridine rings is 2. The molecule has 0 unspecified atom stereocenters. The molecule has 2 saturated heterocycles. The molecule has 2 aromatic heterocycles. The summed E-state index contributed by atoms with van der Waals surface area (Å²) in [4.78, 5) is 33.9. The Labute approximate surface area is 163 Å². The Kier molecular flexibility index (Phi) is 5.59. The van der Waals surface area contributed by atoms with Crippen LogP contribution in [0.25, 0.3) is 11.4 Å². The first-order valence-corrected chi connectivity index (χ1v) is 9.71. The number of nitrogens with zero attached hydrogens (tertiary/aromatic N) is 2. The topological polar surface area (TPSA) is 108 Å². The van der Waals surface area contributed by atoms with Crippen LogP contribution in [-0.2, 0) is 9.59 Å². The molecule has 146 valence electrons. The Balaban J connectivity index is 1.59. The van der Waals surface area contributed by atoms with Crippen LogP contribution in [0.1, 0.15) is 25.7 Å². The van der Waals surface area contributed by atoms with Crippen LogP contribution in [0.4, 0.5) is 11.4 Å². The van der Waals surface area contributed by atoms with Gasteiger partial charge < -0.3 is 21.3 Å². The molecule has 4 rings (SSSR count). The quantitative estimate of drug-likeness (QED) is 0.626. The molecule has 0 aromatic carbocycles. The van der Waals surface area contributed by atoms with E-state index in [2.05, 4.69) is 31.2 Å². The minimum atomic E-state index is -0.190. The van der Waals surface area contributed by atoms with Crippen molar-refractivity contribution in [1.29, 1.82) is 0 Å². The maximum atomic E-state index is 12.5. The maximum Gasteiger partial charge on any atom is 0.241 e. The number of anilines is 2. The van der Waals surface area contributed by atoms with E-state index in [9.17, 15) is 9.59 Å². The SMILES string of the molecule is O=C(Nc1cccnc1-c1ncccc1NC(=O)[C@@H]1CCCN1)[C@@H]1CCCN1. The molecule has 0 radical (unpaired) electrons. The van der Waals surface area contributed by atoms with Gasteiger partial charge in [0.05, 0.1) is 23.5 Å². The summed E-state index contributed by atoms with van der Waals surface area (Å²) >= 11 is 0. The fraction of sp³-hybridized carbons (Fsp3) is 0.400. The van der Waals surface area contributed by atoms with E-state index in [1.54, 1.807) is 36.7 Å². The molecule has 0 saturated carbocycles. The van der Waals surface area contributed by atoms with E-state index in [0.29, 0.717) is 22.8 Å². The highest BCUT2D eigenvalue weighted by Gasteiger charge is 2.25. The molecule has 0 aliphatic carbocycles. The number of carbonyl (C=O) groups is 2. The normalized spacial score (nSPS) is 21.4. The second-order valence-corrected chi connectivity index (χ2v) is 7.08. The fourth-order valence-electron chi connectivity index (χ4n) is 3.65. The third-order valence-electron chi connectivity index (χ3n) is 5.11. The van der Waals surface area contributed by atoms with Crippen molar-refractivity contribution in [2.24, 2.45) is 0 Å². The highest BCUT2D eigenvalue weighted by molar-refractivity contribution is 6.01. The summed E-state index contributed by atoms with van der Waals surface area (Å²) in [6.07, 6.45) is 6.92. The minimum Gasteiger partial charge on any atom is -0.323 e. The van der Waals surface area contributed by atoms with Crippen molar-refractivity contribution in [3.8, 4) is 11.4 Å². The zero-order valence-electron chi connectivity index (χ0n) is 15.6. The monoisotopic (exact) mass is 380 g/mol. The number of aromatic nitrogens is 2. The van der Waals surface area contributed by atoms with Gasteiger partial charge in [-0.2, -0.15) is 0 Å². The molecule has 2 amide bonds. The number of nitrogens with one attached hydrogen (secondary N) is 4. The number of amides is 2. The molecule has 2 atom stereocenters. The highest BCUT2D eigenvalue weighted by atomic mass is 16.2. The summed E-state index contributed by atoms with van der Waals surface area (Å²) in [5, 5.41) is 12.3. The summed E-state index contributed by atoms with van der Waals surface area (Å²) in [5.74, 6) is -0.160. The van der Waals surface area contributed by atoms with Gasteiger partial charge >= 0.3 is 0 Å². The van der Waals surface area contributed by atoms with Crippen LogP contribution < -0.4 is 21.3 Å². The zero-order chi connectivity index (χ0) is 19.3. The van der Waals surface area contributed by atoms with Gasteiger partial charge in [0, 0.05) is 12.4 Å². The number of hydrogen-bond acceptors (Lipinski definition) is 6. The summed E-state index contributed by atoms with van der Waals surface area (Å²) in [7, 11) is 0. The minimum absolute atomic E-state index is 0.0802.